The van der Waals surface area contributed by atoms with Gasteiger partial charge in [0.15, 0.2) is 0 Å². The number of pyridine rings is 1. The maximum atomic E-state index is 12.8. The number of nitrogens with zero attached hydrogens (tertiary/aromatic N) is 2. The molecule has 0 aliphatic carbocycles. The van der Waals surface area contributed by atoms with Crippen molar-refractivity contribution in [2.75, 3.05) is 5.43 Å². The van der Waals surface area contributed by atoms with Crippen molar-refractivity contribution in [3.8, 4) is 0 Å². The minimum absolute atomic E-state index is 0.0418. The van der Waals surface area contributed by atoms with Gasteiger partial charge in [-0.3, -0.25) is 15.0 Å². The molecule has 0 aromatic carbocycles. The number of halogens is 3. The molecule has 0 spiro atoms. The van der Waals surface area contributed by atoms with E-state index in [1.807, 2.05) is 0 Å². The molecule has 0 saturated heterocycles. The van der Waals surface area contributed by atoms with Crippen LogP contribution in [0.4, 0.5) is 19.0 Å². The average Bonchev–Trinajstić information content (AvgIpc) is 2.75. The number of carbonyl (C=O) groups is 2. The third-order valence-electron chi connectivity index (χ3n) is 4.25. The van der Waals surface area contributed by atoms with Gasteiger partial charge in [-0.1, -0.05) is 6.92 Å². The number of aryl methyl sites for hydroxylation is 1. The van der Waals surface area contributed by atoms with Crippen LogP contribution in [-0.4, -0.2) is 33.0 Å². The molecule has 2 amide bonds. The third-order valence-corrected chi connectivity index (χ3v) is 4.25. The van der Waals surface area contributed by atoms with Gasteiger partial charge in [-0.15, -0.1) is 0 Å². The Labute approximate surface area is 148 Å². The Balaban J connectivity index is 2.15. The maximum Gasteiger partial charge on any atom is 0.418 e. The summed E-state index contributed by atoms with van der Waals surface area (Å²) in [4.78, 5) is 28.5. The minimum Gasteiger partial charge on any atom is -0.393 e. The normalized spacial score (nSPS) is 16.5. The van der Waals surface area contributed by atoms with Gasteiger partial charge in [-0.2, -0.15) is 18.2 Å². The highest BCUT2D eigenvalue weighted by Gasteiger charge is 2.37. The lowest BCUT2D eigenvalue weighted by Gasteiger charge is -2.18. The molecule has 142 valence electrons. The number of hydrazine groups is 1. The zero-order valence-corrected chi connectivity index (χ0v) is 14.6. The van der Waals surface area contributed by atoms with Crippen molar-refractivity contribution in [3.05, 3.63) is 34.5 Å². The second kappa shape index (κ2) is 7.45. The van der Waals surface area contributed by atoms with Crippen LogP contribution in [0.25, 0.3) is 0 Å². The number of nitrogens with one attached hydrogen (secondary N) is 1. The Bertz CT molecular complexity index is 759. The molecular formula is C17H20F3N3O3. The summed E-state index contributed by atoms with van der Waals surface area (Å²) >= 11 is 0. The molecule has 2 heterocycles. The number of amides is 2. The second-order valence-electron chi connectivity index (χ2n) is 6.09. The molecule has 0 bridgehead atoms. The molecule has 1 aromatic heterocycles. The first-order valence-corrected chi connectivity index (χ1v) is 8.14. The van der Waals surface area contributed by atoms with Crippen molar-refractivity contribution in [1.29, 1.82) is 0 Å². The Morgan fingerprint density at radius 1 is 1.23 bits per heavy atom. The van der Waals surface area contributed by atoms with E-state index in [1.165, 1.54) is 13.8 Å². The fraction of sp³-hybridized carbons (Fsp3) is 0.471. The number of rotatable bonds is 6. The summed E-state index contributed by atoms with van der Waals surface area (Å²) in [5.41, 5.74) is 1.85. The number of carbonyl (C=O) groups excluding carboxylic acids is 2. The van der Waals surface area contributed by atoms with E-state index in [4.69, 9.17) is 0 Å². The van der Waals surface area contributed by atoms with Crippen LogP contribution in [0, 0.1) is 6.92 Å². The Morgan fingerprint density at radius 2 is 1.88 bits per heavy atom. The molecule has 6 nitrogen and oxygen atoms in total. The Kier molecular flexibility index (Phi) is 5.70. The van der Waals surface area contributed by atoms with Gasteiger partial charge in [0.2, 0.25) is 0 Å². The molecule has 1 unspecified atom stereocenters. The zero-order valence-electron chi connectivity index (χ0n) is 14.6. The standard InChI is InChI=1S/C17H20F3N3O3/c1-4-11(24)5-6-12-9(2)15(25)23(16(12)26)22-14-8-7-13(10(3)21-14)17(18,19)20/h7-8,11,24H,4-6H2,1-3H3,(H,21,22). The topological polar surface area (TPSA) is 82.5 Å². The summed E-state index contributed by atoms with van der Waals surface area (Å²) in [7, 11) is 0. The number of alkyl halides is 3. The van der Waals surface area contributed by atoms with Crippen LogP contribution < -0.4 is 5.43 Å². The summed E-state index contributed by atoms with van der Waals surface area (Å²) < 4.78 is 38.4. The second-order valence-corrected chi connectivity index (χ2v) is 6.09. The number of anilines is 1. The predicted molar refractivity (Wildman–Crippen MR) is 87.7 cm³/mol. The predicted octanol–water partition coefficient (Wildman–Crippen LogP) is 2.97. The Morgan fingerprint density at radius 3 is 2.42 bits per heavy atom. The van der Waals surface area contributed by atoms with Crippen LogP contribution in [0.2, 0.25) is 0 Å². The van der Waals surface area contributed by atoms with Crippen molar-refractivity contribution in [2.24, 2.45) is 0 Å². The van der Waals surface area contributed by atoms with Gasteiger partial charge in [0.1, 0.15) is 5.82 Å². The molecule has 1 atom stereocenters. The highest BCUT2D eigenvalue weighted by atomic mass is 19.4. The fourth-order valence-corrected chi connectivity index (χ4v) is 2.63. The molecule has 0 fully saturated rings. The highest BCUT2D eigenvalue weighted by molar-refractivity contribution is 6.19. The largest absolute Gasteiger partial charge is 0.418 e. The average molecular weight is 371 g/mol. The molecule has 0 saturated carbocycles. The lowest BCUT2D eigenvalue weighted by atomic mass is 10.0. The van der Waals surface area contributed by atoms with Crippen molar-refractivity contribution < 1.29 is 27.9 Å². The van der Waals surface area contributed by atoms with Crippen LogP contribution in [0.5, 0.6) is 0 Å². The first kappa shape index (κ1) is 19.9. The molecule has 1 aromatic rings. The molecule has 2 N–H and O–H groups in total. The van der Waals surface area contributed by atoms with Crippen molar-refractivity contribution >= 4 is 17.6 Å². The molecular weight excluding hydrogens is 351 g/mol. The number of aliphatic hydroxyl groups excluding tert-OH is 1. The van der Waals surface area contributed by atoms with Gasteiger partial charge in [0, 0.05) is 11.1 Å². The minimum atomic E-state index is -4.53. The Hall–Kier alpha value is -2.42. The van der Waals surface area contributed by atoms with Gasteiger partial charge in [0.05, 0.1) is 17.4 Å². The van der Waals surface area contributed by atoms with Crippen LogP contribution in [0.1, 0.15) is 44.4 Å². The SMILES string of the molecule is CCC(O)CCC1=C(C)C(=O)N(Nc2ccc(C(F)(F)F)c(C)n2)C1=O. The lowest BCUT2D eigenvalue weighted by molar-refractivity contribution is -0.139. The number of hydrogen-bond acceptors (Lipinski definition) is 5. The lowest BCUT2D eigenvalue weighted by Crippen LogP contribution is -2.37. The monoisotopic (exact) mass is 371 g/mol. The first-order chi connectivity index (χ1) is 12.1. The molecule has 1 aliphatic heterocycles. The summed E-state index contributed by atoms with van der Waals surface area (Å²) in [5.74, 6) is -1.22. The summed E-state index contributed by atoms with van der Waals surface area (Å²) in [6.45, 7) is 4.50. The third kappa shape index (κ3) is 4.04. The van der Waals surface area contributed by atoms with E-state index >= 15 is 0 Å². The van der Waals surface area contributed by atoms with Gasteiger partial charge in [-0.05, 0) is 45.2 Å². The number of aliphatic hydroxyl groups is 1. The van der Waals surface area contributed by atoms with E-state index < -0.39 is 29.7 Å². The number of hydrogen-bond donors (Lipinski definition) is 2. The smallest absolute Gasteiger partial charge is 0.393 e. The molecule has 2 rings (SSSR count). The summed E-state index contributed by atoms with van der Waals surface area (Å²) in [6.07, 6.45) is -3.98. The van der Waals surface area contributed by atoms with Crippen molar-refractivity contribution in [3.63, 3.8) is 0 Å². The summed E-state index contributed by atoms with van der Waals surface area (Å²) in [6, 6.07) is 1.90. The quantitative estimate of drug-likeness (QED) is 0.752. The van der Waals surface area contributed by atoms with Crippen LogP contribution in [0.3, 0.4) is 0 Å². The molecule has 1 aliphatic rings. The first-order valence-electron chi connectivity index (χ1n) is 8.14. The van der Waals surface area contributed by atoms with E-state index in [2.05, 4.69) is 10.4 Å². The molecule has 0 radical (unpaired) electrons. The van der Waals surface area contributed by atoms with E-state index in [9.17, 15) is 27.9 Å². The van der Waals surface area contributed by atoms with E-state index in [1.54, 1.807) is 6.92 Å². The zero-order chi connectivity index (χ0) is 19.6. The molecule has 26 heavy (non-hydrogen) atoms. The van der Waals surface area contributed by atoms with Crippen LogP contribution in [0.15, 0.2) is 23.3 Å². The van der Waals surface area contributed by atoms with E-state index in [0.717, 1.165) is 17.1 Å². The van der Waals surface area contributed by atoms with Crippen LogP contribution >= 0.6 is 0 Å². The summed E-state index contributed by atoms with van der Waals surface area (Å²) in [5, 5.41) is 10.4. The van der Waals surface area contributed by atoms with Gasteiger partial charge in [-0.25, -0.2) is 4.98 Å². The van der Waals surface area contributed by atoms with Crippen molar-refractivity contribution in [1.82, 2.24) is 9.99 Å². The fourth-order valence-electron chi connectivity index (χ4n) is 2.63. The maximum absolute atomic E-state index is 12.8. The van der Waals surface area contributed by atoms with E-state index in [0.29, 0.717) is 12.8 Å². The van der Waals surface area contributed by atoms with E-state index in [-0.39, 0.29) is 29.1 Å². The van der Waals surface area contributed by atoms with Crippen molar-refractivity contribution in [2.45, 2.75) is 52.3 Å². The number of aromatic nitrogens is 1. The van der Waals surface area contributed by atoms with Gasteiger partial charge < -0.3 is 5.11 Å². The van der Waals surface area contributed by atoms with Gasteiger partial charge >= 0.3 is 6.18 Å². The highest BCUT2D eigenvalue weighted by Crippen LogP contribution is 2.32. The van der Waals surface area contributed by atoms with Crippen LogP contribution in [-0.2, 0) is 15.8 Å². The number of imide groups is 1. The molecule has 9 heteroatoms. The van der Waals surface area contributed by atoms with Gasteiger partial charge in [0.25, 0.3) is 11.8 Å².